The molecule has 28 heavy (non-hydrogen) atoms. The van der Waals surface area contributed by atoms with Crippen LogP contribution >= 0.6 is 0 Å². The molecular formula is C22H28N4O2. The average Bonchev–Trinajstić information content (AvgIpc) is 3.16. The van der Waals surface area contributed by atoms with Crippen LogP contribution in [0.15, 0.2) is 48.5 Å². The van der Waals surface area contributed by atoms with E-state index in [2.05, 4.69) is 52.9 Å². The molecule has 1 saturated heterocycles. The van der Waals surface area contributed by atoms with E-state index in [1.165, 1.54) is 5.69 Å². The lowest BCUT2D eigenvalue weighted by molar-refractivity contribution is -0.126. The van der Waals surface area contributed by atoms with Crippen LogP contribution in [-0.2, 0) is 16.1 Å². The first kappa shape index (κ1) is 19.7. The zero-order valence-corrected chi connectivity index (χ0v) is 16.5. The third-order valence-corrected chi connectivity index (χ3v) is 5.06. The molecule has 2 amide bonds. The van der Waals surface area contributed by atoms with Gasteiger partial charge in [-0.15, -0.1) is 0 Å². The Morgan fingerprint density at radius 3 is 2.46 bits per heavy atom. The standard InChI is InChI=1S/C22H28N4O2/c1-3-26(4-2)20-8-6-5-7-19(20)25-18-11-9-16(10-12-18)14-24-22(28)17-13-21(27)23-15-17/h5-12,17,25H,3-4,13-15H2,1-2H3,(H,23,27)(H,24,28). The third kappa shape index (κ3) is 4.82. The highest BCUT2D eigenvalue weighted by atomic mass is 16.2. The van der Waals surface area contributed by atoms with Gasteiger partial charge in [0.1, 0.15) is 0 Å². The lowest BCUT2D eigenvalue weighted by atomic mass is 10.1. The number of nitrogens with zero attached hydrogens (tertiary/aromatic N) is 1. The molecule has 1 aliphatic rings. The Morgan fingerprint density at radius 1 is 1.11 bits per heavy atom. The van der Waals surface area contributed by atoms with Crippen molar-refractivity contribution in [1.29, 1.82) is 0 Å². The molecule has 1 aliphatic heterocycles. The van der Waals surface area contributed by atoms with E-state index in [9.17, 15) is 9.59 Å². The molecule has 0 spiro atoms. The van der Waals surface area contributed by atoms with Crippen molar-refractivity contribution in [3.8, 4) is 0 Å². The van der Waals surface area contributed by atoms with Gasteiger partial charge in [-0.25, -0.2) is 0 Å². The summed E-state index contributed by atoms with van der Waals surface area (Å²) < 4.78 is 0. The zero-order chi connectivity index (χ0) is 19.9. The highest BCUT2D eigenvalue weighted by molar-refractivity contribution is 5.89. The summed E-state index contributed by atoms with van der Waals surface area (Å²) in [6.07, 6.45) is 0.278. The van der Waals surface area contributed by atoms with E-state index in [4.69, 9.17) is 0 Å². The van der Waals surface area contributed by atoms with Crippen LogP contribution in [0.25, 0.3) is 0 Å². The minimum atomic E-state index is -0.259. The van der Waals surface area contributed by atoms with E-state index in [-0.39, 0.29) is 24.2 Å². The molecule has 6 nitrogen and oxygen atoms in total. The summed E-state index contributed by atoms with van der Waals surface area (Å²) in [4.78, 5) is 25.6. The fraction of sp³-hybridized carbons (Fsp3) is 0.364. The molecule has 6 heteroatoms. The van der Waals surface area contributed by atoms with E-state index in [0.29, 0.717) is 13.1 Å². The molecule has 1 unspecified atom stereocenters. The Balaban J connectivity index is 1.59. The first-order valence-corrected chi connectivity index (χ1v) is 9.85. The maximum Gasteiger partial charge on any atom is 0.225 e. The van der Waals surface area contributed by atoms with Crippen molar-refractivity contribution in [1.82, 2.24) is 10.6 Å². The molecule has 0 saturated carbocycles. The Morgan fingerprint density at radius 2 is 1.82 bits per heavy atom. The normalized spacial score (nSPS) is 15.8. The predicted molar refractivity (Wildman–Crippen MR) is 113 cm³/mol. The van der Waals surface area contributed by atoms with Crippen LogP contribution < -0.4 is 20.9 Å². The molecule has 0 aliphatic carbocycles. The second-order valence-corrected chi connectivity index (χ2v) is 6.93. The molecule has 148 valence electrons. The van der Waals surface area contributed by atoms with Crippen molar-refractivity contribution >= 4 is 28.9 Å². The molecule has 0 aromatic heterocycles. The largest absolute Gasteiger partial charge is 0.370 e. The van der Waals surface area contributed by atoms with Crippen molar-refractivity contribution in [2.75, 3.05) is 29.9 Å². The maximum atomic E-state index is 12.1. The van der Waals surface area contributed by atoms with Gasteiger partial charge in [-0.1, -0.05) is 24.3 Å². The molecule has 1 heterocycles. The topological polar surface area (TPSA) is 73.5 Å². The monoisotopic (exact) mass is 380 g/mol. The second kappa shape index (κ2) is 9.26. The SMILES string of the molecule is CCN(CC)c1ccccc1Nc1ccc(CNC(=O)C2CNC(=O)C2)cc1. The summed E-state index contributed by atoms with van der Waals surface area (Å²) in [6, 6.07) is 16.3. The molecule has 0 radical (unpaired) electrons. The quantitative estimate of drug-likeness (QED) is 0.658. The van der Waals surface area contributed by atoms with Crippen LogP contribution in [0.2, 0.25) is 0 Å². The number of amides is 2. The van der Waals surface area contributed by atoms with E-state index >= 15 is 0 Å². The van der Waals surface area contributed by atoms with Crippen LogP contribution in [0, 0.1) is 5.92 Å². The number of hydrogen-bond acceptors (Lipinski definition) is 4. The van der Waals surface area contributed by atoms with Gasteiger partial charge in [0.25, 0.3) is 0 Å². The summed E-state index contributed by atoms with van der Waals surface area (Å²) in [5, 5.41) is 9.09. The summed E-state index contributed by atoms with van der Waals surface area (Å²) in [5.74, 6) is -0.390. The number of carbonyl (C=O) groups is 2. The molecule has 3 N–H and O–H groups in total. The molecule has 1 atom stereocenters. The van der Waals surface area contributed by atoms with Gasteiger partial charge in [-0.3, -0.25) is 9.59 Å². The Labute approximate surface area is 166 Å². The van der Waals surface area contributed by atoms with Crippen LogP contribution in [0.4, 0.5) is 17.1 Å². The zero-order valence-electron chi connectivity index (χ0n) is 16.5. The Kier molecular flexibility index (Phi) is 6.53. The number of carbonyl (C=O) groups excluding carboxylic acids is 2. The van der Waals surface area contributed by atoms with Crippen molar-refractivity contribution in [3.05, 3.63) is 54.1 Å². The summed E-state index contributed by atoms with van der Waals surface area (Å²) in [7, 11) is 0. The predicted octanol–water partition coefficient (Wildman–Crippen LogP) is 3.03. The number of benzene rings is 2. The highest BCUT2D eigenvalue weighted by Gasteiger charge is 2.27. The third-order valence-electron chi connectivity index (χ3n) is 5.06. The van der Waals surface area contributed by atoms with Gasteiger partial charge in [-0.2, -0.15) is 0 Å². The fourth-order valence-corrected chi connectivity index (χ4v) is 3.40. The van der Waals surface area contributed by atoms with Gasteiger partial charge in [0.05, 0.1) is 17.3 Å². The van der Waals surface area contributed by atoms with Gasteiger partial charge in [0.15, 0.2) is 0 Å². The molecule has 0 bridgehead atoms. The first-order valence-electron chi connectivity index (χ1n) is 9.85. The smallest absolute Gasteiger partial charge is 0.225 e. The minimum Gasteiger partial charge on any atom is -0.370 e. The maximum absolute atomic E-state index is 12.1. The molecule has 2 aromatic rings. The summed E-state index contributed by atoms with van der Waals surface area (Å²) in [6.45, 7) is 7.10. The fourth-order valence-electron chi connectivity index (χ4n) is 3.40. The van der Waals surface area contributed by atoms with Crippen molar-refractivity contribution in [2.24, 2.45) is 5.92 Å². The molecular weight excluding hydrogens is 352 g/mol. The van der Waals surface area contributed by atoms with Crippen LogP contribution in [0.5, 0.6) is 0 Å². The lowest BCUT2D eigenvalue weighted by Crippen LogP contribution is -2.31. The van der Waals surface area contributed by atoms with Gasteiger partial charge in [-0.05, 0) is 43.7 Å². The van der Waals surface area contributed by atoms with E-state index in [1.807, 2.05) is 30.3 Å². The number of nitrogens with one attached hydrogen (secondary N) is 3. The van der Waals surface area contributed by atoms with Crippen LogP contribution in [0.1, 0.15) is 25.8 Å². The van der Waals surface area contributed by atoms with Gasteiger partial charge in [0.2, 0.25) is 11.8 Å². The van der Waals surface area contributed by atoms with Crippen LogP contribution in [0.3, 0.4) is 0 Å². The summed E-state index contributed by atoms with van der Waals surface area (Å²) >= 11 is 0. The Bertz CT molecular complexity index is 816. The van der Waals surface area contributed by atoms with Gasteiger partial charge >= 0.3 is 0 Å². The van der Waals surface area contributed by atoms with E-state index < -0.39 is 0 Å². The van der Waals surface area contributed by atoms with E-state index in [0.717, 1.165) is 30.0 Å². The second-order valence-electron chi connectivity index (χ2n) is 6.93. The molecule has 1 fully saturated rings. The Hall–Kier alpha value is -3.02. The highest BCUT2D eigenvalue weighted by Crippen LogP contribution is 2.28. The molecule has 2 aromatic carbocycles. The average molecular weight is 380 g/mol. The van der Waals surface area contributed by atoms with Crippen molar-refractivity contribution in [3.63, 3.8) is 0 Å². The minimum absolute atomic E-state index is 0.0550. The number of hydrogen-bond donors (Lipinski definition) is 3. The molecule has 3 rings (SSSR count). The number of anilines is 3. The van der Waals surface area contributed by atoms with Crippen molar-refractivity contribution in [2.45, 2.75) is 26.8 Å². The van der Waals surface area contributed by atoms with Crippen LogP contribution in [-0.4, -0.2) is 31.4 Å². The van der Waals surface area contributed by atoms with Crippen molar-refractivity contribution < 1.29 is 9.59 Å². The van der Waals surface area contributed by atoms with E-state index in [1.54, 1.807) is 0 Å². The first-order chi connectivity index (χ1) is 13.6. The number of rotatable bonds is 8. The van der Waals surface area contributed by atoms with Gasteiger partial charge < -0.3 is 20.9 Å². The lowest BCUT2D eigenvalue weighted by Gasteiger charge is -2.24. The summed E-state index contributed by atoms with van der Waals surface area (Å²) in [5.41, 5.74) is 4.28. The number of para-hydroxylation sites is 2. The van der Waals surface area contributed by atoms with Gasteiger partial charge in [0, 0.05) is 38.3 Å².